The van der Waals surface area contributed by atoms with Gasteiger partial charge in [0.15, 0.2) is 16.4 Å². The number of carbonyl (C=O) groups excluding carboxylic acids is 3. The van der Waals surface area contributed by atoms with E-state index in [1.54, 1.807) is 6.92 Å². The van der Waals surface area contributed by atoms with Crippen LogP contribution in [0, 0.1) is 5.82 Å². The van der Waals surface area contributed by atoms with Crippen LogP contribution in [0.3, 0.4) is 0 Å². The van der Waals surface area contributed by atoms with Crippen molar-refractivity contribution in [3.05, 3.63) is 35.6 Å². The van der Waals surface area contributed by atoms with Crippen molar-refractivity contribution in [3.63, 3.8) is 0 Å². The standard InChI is InChI=1S/C17H21FN2O6S/c1-2-20(14-7-8-27(24,25)11-14)15(21)10-26-16(22)9-19-17(23)12-3-5-13(18)6-4-12/h3-6,14H,2,7-11H2,1H3,(H,19,23)/t14-/m1/s1. The molecule has 0 radical (unpaired) electrons. The normalized spacial score (nSPS) is 17.9. The quantitative estimate of drug-likeness (QED) is 0.652. The summed E-state index contributed by atoms with van der Waals surface area (Å²) in [7, 11) is -3.14. The zero-order chi connectivity index (χ0) is 20.0. The molecule has 0 spiro atoms. The number of hydrogen-bond donors (Lipinski definition) is 1. The first-order valence-electron chi connectivity index (χ1n) is 8.41. The predicted octanol–water partition coefficient (Wildman–Crippen LogP) is 0.134. The van der Waals surface area contributed by atoms with Crippen LogP contribution in [0.1, 0.15) is 23.7 Å². The van der Waals surface area contributed by atoms with Gasteiger partial charge in [0.1, 0.15) is 12.4 Å². The number of benzene rings is 1. The summed E-state index contributed by atoms with van der Waals surface area (Å²) in [5.74, 6) is -2.42. The molecule has 1 aromatic rings. The molecule has 27 heavy (non-hydrogen) atoms. The van der Waals surface area contributed by atoms with Gasteiger partial charge in [-0.1, -0.05) is 0 Å². The molecule has 2 amide bonds. The number of hydrogen-bond acceptors (Lipinski definition) is 6. The van der Waals surface area contributed by atoms with Crippen molar-refractivity contribution in [1.29, 1.82) is 0 Å². The van der Waals surface area contributed by atoms with Crippen molar-refractivity contribution in [1.82, 2.24) is 10.2 Å². The maximum absolute atomic E-state index is 12.8. The van der Waals surface area contributed by atoms with Crippen molar-refractivity contribution in [2.24, 2.45) is 0 Å². The monoisotopic (exact) mass is 400 g/mol. The molecule has 1 fully saturated rings. The fourth-order valence-electron chi connectivity index (χ4n) is 2.79. The second-order valence-corrected chi connectivity index (χ2v) is 8.32. The largest absolute Gasteiger partial charge is 0.454 e. The zero-order valence-corrected chi connectivity index (χ0v) is 15.6. The van der Waals surface area contributed by atoms with E-state index in [0.717, 1.165) is 12.1 Å². The molecule has 0 bridgehead atoms. The molecule has 1 aromatic carbocycles. The molecular formula is C17H21FN2O6S. The number of ether oxygens (including phenoxy) is 1. The van der Waals surface area contributed by atoms with Crippen molar-refractivity contribution < 1.29 is 31.9 Å². The number of rotatable bonds is 7. The molecule has 1 aliphatic heterocycles. The average molecular weight is 400 g/mol. The van der Waals surface area contributed by atoms with Crippen LogP contribution in [0.4, 0.5) is 4.39 Å². The Bertz CT molecular complexity index is 809. The van der Waals surface area contributed by atoms with E-state index in [1.165, 1.54) is 17.0 Å². The van der Waals surface area contributed by atoms with E-state index in [-0.39, 0.29) is 17.1 Å². The number of halogens is 1. The molecule has 1 saturated heterocycles. The number of amides is 2. The fourth-order valence-corrected chi connectivity index (χ4v) is 4.52. The third-order valence-corrected chi connectivity index (χ3v) is 5.92. The molecule has 0 saturated carbocycles. The zero-order valence-electron chi connectivity index (χ0n) is 14.8. The number of nitrogens with zero attached hydrogens (tertiary/aromatic N) is 1. The SMILES string of the molecule is CCN(C(=O)COC(=O)CNC(=O)c1ccc(F)cc1)[C@@H]1CCS(=O)(=O)C1. The summed E-state index contributed by atoms with van der Waals surface area (Å²) < 4.78 is 40.8. The van der Waals surface area contributed by atoms with Crippen LogP contribution in [-0.2, 0) is 24.2 Å². The average Bonchev–Trinajstić information content (AvgIpc) is 2.98. The lowest BCUT2D eigenvalue weighted by molar-refractivity contribution is -0.151. The van der Waals surface area contributed by atoms with Gasteiger partial charge in [-0.15, -0.1) is 0 Å². The van der Waals surface area contributed by atoms with Gasteiger partial charge in [0.2, 0.25) is 0 Å². The molecule has 10 heteroatoms. The van der Waals surface area contributed by atoms with Crippen LogP contribution in [0.15, 0.2) is 24.3 Å². The number of nitrogens with one attached hydrogen (secondary N) is 1. The molecule has 0 aromatic heterocycles. The molecular weight excluding hydrogens is 379 g/mol. The van der Waals surface area contributed by atoms with E-state index in [9.17, 15) is 27.2 Å². The second-order valence-electron chi connectivity index (χ2n) is 6.09. The molecule has 1 atom stereocenters. The van der Waals surface area contributed by atoms with Crippen LogP contribution in [0.2, 0.25) is 0 Å². The van der Waals surface area contributed by atoms with Crippen LogP contribution in [0.25, 0.3) is 0 Å². The van der Waals surface area contributed by atoms with E-state index < -0.39 is 52.6 Å². The summed E-state index contributed by atoms with van der Waals surface area (Å²) in [6, 6.07) is 4.37. The van der Waals surface area contributed by atoms with Crippen LogP contribution in [-0.4, -0.2) is 68.3 Å². The highest BCUT2D eigenvalue weighted by Crippen LogP contribution is 2.17. The summed E-state index contributed by atoms with van der Waals surface area (Å²) in [6.45, 7) is 1.04. The Morgan fingerprint density at radius 2 is 1.93 bits per heavy atom. The first-order chi connectivity index (χ1) is 12.7. The van der Waals surface area contributed by atoms with Crippen LogP contribution < -0.4 is 5.32 Å². The first-order valence-corrected chi connectivity index (χ1v) is 10.2. The third kappa shape index (κ3) is 6.02. The number of carbonyl (C=O) groups is 3. The highest BCUT2D eigenvalue weighted by atomic mass is 32.2. The van der Waals surface area contributed by atoms with Gasteiger partial charge in [-0.2, -0.15) is 0 Å². The molecule has 2 rings (SSSR count). The van der Waals surface area contributed by atoms with Gasteiger partial charge >= 0.3 is 5.97 Å². The van der Waals surface area contributed by atoms with Gasteiger partial charge in [0.05, 0.1) is 11.5 Å². The summed E-state index contributed by atoms with van der Waals surface area (Å²) in [5.41, 5.74) is 0.180. The molecule has 0 unspecified atom stereocenters. The highest BCUT2D eigenvalue weighted by molar-refractivity contribution is 7.91. The Balaban J connectivity index is 1.77. The predicted molar refractivity (Wildman–Crippen MR) is 94.1 cm³/mol. The molecule has 148 valence electrons. The second kappa shape index (κ2) is 8.94. The van der Waals surface area contributed by atoms with E-state index in [4.69, 9.17) is 4.74 Å². The van der Waals surface area contributed by atoms with E-state index in [0.29, 0.717) is 13.0 Å². The summed E-state index contributed by atoms with van der Waals surface area (Å²) in [6.07, 6.45) is 0.365. The fraction of sp³-hybridized carbons (Fsp3) is 0.471. The van der Waals surface area contributed by atoms with Gasteiger partial charge in [-0.05, 0) is 37.6 Å². The van der Waals surface area contributed by atoms with Crippen molar-refractivity contribution in [2.45, 2.75) is 19.4 Å². The molecule has 1 heterocycles. The van der Waals surface area contributed by atoms with E-state index >= 15 is 0 Å². The maximum atomic E-state index is 12.8. The minimum atomic E-state index is -3.14. The summed E-state index contributed by atoms with van der Waals surface area (Å²) >= 11 is 0. The van der Waals surface area contributed by atoms with Crippen LogP contribution in [0.5, 0.6) is 0 Å². The van der Waals surface area contributed by atoms with Crippen molar-refractivity contribution in [2.75, 3.05) is 31.2 Å². The molecule has 0 aliphatic carbocycles. The Kier molecular flexibility index (Phi) is 6.89. The third-order valence-electron chi connectivity index (χ3n) is 4.17. The number of esters is 1. The lowest BCUT2D eigenvalue weighted by Gasteiger charge is -2.26. The minimum absolute atomic E-state index is 0.0383. The van der Waals surface area contributed by atoms with Crippen molar-refractivity contribution >= 4 is 27.6 Å². The summed E-state index contributed by atoms with van der Waals surface area (Å²) in [4.78, 5) is 37.1. The minimum Gasteiger partial charge on any atom is -0.454 e. The lowest BCUT2D eigenvalue weighted by Crippen LogP contribution is -2.43. The Morgan fingerprint density at radius 3 is 2.48 bits per heavy atom. The smallest absolute Gasteiger partial charge is 0.325 e. The number of likely N-dealkylation sites (N-methyl/N-ethyl adjacent to an activating group) is 1. The Morgan fingerprint density at radius 1 is 1.26 bits per heavy atom. The Labute approximate surface area is 156 Å². The topological polar surface area (TPSA) is 110 Å². The lowest BCUT2D eigenvalue weighted by atomic mass is 10.2. The molecule has 8 nitrogen and oxygen atoms in total. The highest BCUT2D eigenvalue weighted by Gasteiger charge is 2.34. The maximum Gasteiger partial charge on any atom is 0.325 e. The van der Waals surface area contributed by atoms with Gasteiger partial charge in [-0.3, -0.25) is 14.4 Å². The number of sulfone groups is 1. The van der Waals surface area contributed by atoms with E-state index in [2.05, 4.69) is 5.32 Å². The molecule has 1 aliphatic rings. The Hall–Kier alpha value is -2.49. The van der Waals surface area contributed by atoms with Gasteiger partial charge < -0.3 is 15.0 Å². The van der Waals surface area contributed by atoms with Gasteiger partial charge in [0, 0.05) is 18.2 Å². The van der Waals surface area contributed by atoms with Crippen molar-refractivity contribution in [3.8, 4) is 0 Å². The molecule has 1 N–H and O–H groups in total. The van der Waals surface area contributed by atoms with E-state index in [1.807, 2.05) is 0 Å². The first kappa shape index (κ1) is 20.8. The van der Waals surface area contributed by atoms with Crippen LogP contribution >= 0.6 is 0 Å². The van der Waals surface area contributed by atoms with Gasteiger partial charge in [0.25, 0.3) is 11.8 Å². The van der Waals surface area contributed by atoms with Gasteiger partial charge in [-0.25, -0.2) is 12.8 Å². The summed E-state index contributed by atoms with van der Waals surface area (Å²) in [5, 5.41) is 2.31.